The zero-order chi connectivity index (χ0) is 15.6. The van der Waals surface area contributed by atoms with Crippen molar-refractivity contribution < 1.29 is 0 Å². The van der Waals surface area contributed by atoms with E-state index in [1.807, 2.05) is 18.2 Å². The van der Waals surface area contributed by atoms with Crippen molar-refractivity contribution >= 4 is 32.7 Å². The van der Waals surface area contributed by atoms with Crippen molar-refractivity contribution in [3.05, 3.63) is 53.0 Å². The molecule has 0 radical (unpaired) electrons. The van der Waals surface area contributed by atoms with Gasteiger partial charge in [0.2, 0.25) is 0 Å². The molecule has 2 aromatic carbocycles. The average Bonchev–Trinajstić information content (AvgIpc) is 2.62. The predicted octanol–water partition coefficient (Wildman–Crippen LogP) is 3.47. The van der Waals surface area contributed by atoms with Crippen LogP contribution in [0.5, 0.6) is 0 Å². The first-order valence-electron chi connectivity index (χ1n) is 7.80. The minimum atomic E-state index is 0.782. The summed E-state index contributed by atoms with van der Waals surface area (Å²) in [5.41, 5.74) is 2.03. The van der Waals surface area contributed by atoms with E-state index in [-0.39, 0.29) is 0 Å². The molecule has 1 aromatic heterocycles. The van der Waals surface area contributed by atoms with E-state index in [4.69, 9.17) is 9.97 Å². The Balaban J connectivity index is 1.87. The van der Waals surface area contributed by atoms with E-state index < -0.39 is 0 Å². The van der Waals surface area contributed by atoms with Crippen LogP contribution < -0.4 is 10.2 Å². The van der Waals surface area contributed by atoms with Crippen molar-refractivity contribution in [1.82, 2.24) is 15.3 Å². The van der Waals surface area contributed by atoms with Gasteiger partial charge in [-0.25, -0.2) is 9.97 Å². The Morgan fingerprint density at radius 2 is 1.65 bits per heavy atom. The van der Waals surface area contributed by atoms with Crippen LogP contribution >= 0.6 is 15.9 Å². The van der Waals surface area contributed by atoms with Gasteiger partial charge in [0.25, 0.3) is 0 Å². The van der Waals surface area contributed by atoms with Crippen molar-refractivity contribution in [1.29, 1.82) is 0 Å². The van der Waals surface area contributed by atoms with E-state index in [9.17, 15) is 0 Å². The Morgan fingerprint density at radius 1 is 0.913 bits per heavy atom. The summed E-state index contributed by atoms with van der Waals surface area (Å²) in [6.45, 7) is 3.93. The van der Waals surface area contributed by atoms with Gasteiger partial charge in [-0.05, 0) is 24.3 Å². The highest BCUT2D eigenvalue weighted by Gasteiger charge is 2.17. The summed E-state index contributed by atoms with van der Waals surface area (Å²) in [7, 11) is 0. The number of hydrogen-bond donors (Lipinski definition) is 1. The van der Waals surface area contributed by atoms with Crippen LogP contribution in [0.4, 0.5) is 5.82 Å². The SMILES string of the molecule is Brc1ccc(-c2nc(N3CCNCC3)c3ccccc3n2)cc1. The highest BCUT2D eigenvalue weighted by molar-refractivity contribution is 9.10. The lowest BCUT2D eigenvalue weighted by atomic mass is 10.1. The number of aromatic nitrogens is 2. The van der Waals surface area contributed by atoms with Crippen LogP contribution in [-0.4, -0.2) is 36.1 Å². The van der Waals surface area contributed by atoms with Gasteiger partial charge < -0.3 is 10.2 Å². The van der Waals surface area contributed by atoms with Gasteiger partial charge in [-0.15, -0.1) is 0 Å². The second kappa shape index (κ2) is 6.26. The summed E-state index contributed by atoms with van der Waals surface area (Å²) in [6.07, 6.45) is 0. The van der Waals surface area contributed by atoms with Crippen LogP contribution in [0.1, 0.15) is 0 Å². The van der Waals surface area contributed by atoms with E-state index in [2.05, 4.69) is 56.5 Å². The number of rotatable bonds is 2. The van der Waals surface area contributed by atoms with Crippen LogP contribution in [0.3, 0.4) is 0 Å². The molecular weight excluding hydrogens is 352 g/mol. The van der Waals surface area contributed by atoms with Gasteiger partial charge in [-0.3, -0.25) is 0 Å². The van der Waals surface area contributed by atoms with E-state index in [0.717, 1.165) is 58.8 Å². The fourth-order valence-corrected chi connectivity index (χ4v) is 3.17. The molecule has 0 atom stereocenters. The van der Waals surface area contributed by atoms with Crippen LogP contribution in [-0.2, 0) is 0 Å². The highest BCUT2D eigenvalue weighted by atomic mass is 79.9. The quantitative estimate of drug-likeness (QED) is 0.751. The van der Waals surface area contributed by atoms with E-state index in [1.165, 1.54) is 0 Å². The first-order chi connectivity index (χ1) is 11.3. The summed E-state index contributed by atoms with van der Waals surface area (Å²) in [4.78, 5) is 12.0. The first kappa shape index (κ1) is 14.6. The Hall–Kier alpha value is -1.98. The zero-order valence-corrected chi connectivity index (χ0v) is 14.3. The molecule has 5 heteroatoms. The Morgan fingerprint density at radius 3 is 2.43 bits per heavy atom. The maximum atomic E-state index is 4.90. The van der Waals surface area contributed by atoms with Gasteiger partial charge in [-0.2, -0.15) is 0 Å². The third-order valence-electron chi connectivity index (χ3n) is 4.10. The molecule has 0 bridgehead atoms. The van der Waals surface area contributed by atoms with Gasteiger partial charge in [0.15, 0.2) is 5.82 Å². The van der Waals surface area contributed by atoms with Crippen molar-refractivity contribution in [2.24, 2.45) is 0 Å². The fraction of sp³-hybridized carbons (Fsp3) is 0.222. The molecule has 1 aliphatic heterocycles. The molecule has 116 valence electrons. The maximum absolute atomic E-state index is 4.90. The molecule has 1 fully saturated rings. The maximum Gasteiger partial charge on any atom is 0.162 e. The van der Waals surface area contributed by atoms with Crippen LogP contribution in [0.15, 0.2) is 53.0 Å². The molecule has 2 heterocycles. The lowest BCUT2D eigenvalue weighted by Gasteiger charge is -2.29. The monoisotopic (exact) mass is 368 g/mol. The van der Waals surface area contributed by atoms with E-state index in [1.54, 1.807) is 0 Å². The number of hydrogen-bond acceptors (Lipinski definition) is 4. The van der Waals surface area contributed by atoms with Crippen LogP contribution in [0.2, 0.25) is 0 Å². The average molecular weight is 369 g/mol. The molecule has 23 heavy (non-hydrogen) atoms. The first-order valence-corrected chi connectivity index (χ1v) is 8.59. The number of nitrogens with zero attached hydrogens (tertiary/aromatic N) is 3. The summed E-state index contributed by atoms with van der Waals surface area (Å²) >= 11 is 3.48. The van der Waals surface area contributed by atoms with E-state index >= 15 is 0 Å². The topological polar surface area (TPSA) is 41.1 Å². The Labute approximate surface area is 143 Å². The lowest BCUT2D eigenvalue weighted by molar-refractivity contribution is 0.586. The Kier molecular flexibility index (Phi) is 3.97. The molecule has 1 saturated heterocycles. The molecule has 0 aliphatic carbocycles. The van der Waals surface area contributed by atoms with Crippen molar-refractivity contribution in [2.75, 3.05) is 31.1 Å². The third kappa shape index (κ3) is 2.94. The molecule has 3 aromatic rings. The molecule has 0 unspecified atom stereocenters. The second-order valence-electron chi connectivity index (χ2n) is 5.63. The Bertz CT molecular complexity index is 826. The normalized spacial score (nSPS) is 15.1. The summed E-state index contributed by atoms with van der Waals surface area (Å²) in [5.74, 6) is 1.82. The highest BCUT2D eigenvalue weighted by Crippen LogP contribution is 2.28. The van der Waals surface area contributed by atoms with Crippen LogP contribution in [0, 0.1) is 0 Å². The van der Waals surface area contributed by atoms with Gasteiger partial charge in [0.05, 0.1) is 5.52 Å². The second-order valence-corrected chi connectivity index (χ2v) is 6.55. The molecule has 1 aliphatic rings. The third-order valence-corrected chi connectivity index (χ3v) is 4.63. The molecule has 1 N–H and O–H groups in total. The van der Waals surface area contributed by atoms with Crippen LogP contribution in [0.25, 0.3) is 22.3 Å². The predicted molar refractivity (Wildman–Crippen MR) is 97.8 cm³/mol. The molecule has 0 saturated carbocycles. The minimum Gasteiger partial charge on any atom is -0.353 e. The van der Waals surface area contributed by atoms with Gasteiger partial charge in [-0.1, -0.05) is 40.2 Å². The number of benzene rings is 2. The number of anilines is 1. The van der Waals surface area contributed by atoms with Gasteiger partial charge >= 0.3 is 0 Å². The standard InChI is InChI=1S/C18H17BrN4/c19-14-7-5-13(6-8-14)17-21-16-4-2-1-3-15(16)18(22-17)23-11-9-20-10-12-23/h1-8,20H,9-12H2. The number of para-hydroxylation sites is 1. The fourth-order valence-electron chi connectivity index (χ4n) is 2.91. The van der Waals surface area contributed by atoms with Crippen molar-refractivity contribution in [2.45, 2.75) is 0 Å². The molecule has 4 nitrogen and oxygen atoms in total. The number of fused-ring (bicyclic) bond motifs is 1. The number of halogens is 1. The summed E-state index contributed by atoms with van der Waals surface area (Å²) < 4.78 is 1.06. The largest absolute Gasteiger partial charge is 0.353 e. The number of nitrogens with one attached hydrogen (secondary N) is 1. The summed E-state index contributed by atoms with van der Waals surface area (Å²) in [5, 5.41) is 4.52. The van der Waals surface area contributed by atoms with Gasteiger partial charge in [0.1, 0.15) is 5.82 Å². The van der Waals surface area contributed by atoms with E-state index in [0.29, 0.717) is 0 Å². The smallest absolute Gasteiger partial charge is 0.162 e. The van der Waals surface area contributed by atoms with Gasteiger partial charge in [0, 0.05) is 41.6 Å². The molecule has 0 spiro atoms. The van der Waals surface area contributed by atoms with Crippen molar-refractivity contribution in [3.8, 4) is 11.4 Å². The van der Waals surface area contributed by atoms with Crippen molar-refractivity contribution in [3.63, 3.8) is 0 Å². The lowest BCUT2D eigenvalue weighted by Crippen LogP contribution is -2.44. The molecule has 0 amide bonds. The minimum absolute atomic E-state index is 0.782. The molecule has 4 rings (SSSR count). The summed E-state index contributed by atoms with van der Waals surface area (Å²) in [6, 6.07) is 16.4. The molecular formula is C18H17BrN4. The number of piperazine rings is 1. The zero-order valence-electron chi connectivity index (χ0n) is 12.7.